The number of rotatable bonds is 3. The van der Waals surface area contributed by atoms with Crippen LogP contribution in [-0.2, 0) is 9.31 Å². The van der Waals surface area contributed by atoms with Gasteiger partial charge in [0.2, 0.25) is 0 Å². The van der Waals surface area contributed by atoms with Crippen LogP contribution in [-0.4, -0.2) is 24.1 Å². The quantitative estimate of drug-likeness (QED) is 0.510. The van der Waals surface area contributed by atoms with E-state index in [-0.39, 0.29) is 18.3 Å². The Bertz CT molecular complexity index is 553. The summed E-state index contributed by atoms with van der Waals surface area (Å²) in [5, 5.41) is 0. The zero-order valence-corrected chi connectivity index (χ0v) is 14.3. The van der Waals surface area contributed by atoms with Gasteiger partial charge >= 0.3 is 7.12 Å². The lowest BCUT2D eigenvalue weighted by atomic mass is 9.78. The molecule has 1 aromatic rings. The normalized spacial score (nSPS) is 20.9. The average Bonchev–Trinajstić information content (AvgIpc) is 2.57. The maximum absolute atomic E-state index is 6.08. The fourth-order valence-corrected chi connectivity index (χ4v) is 2.45. The van der Waals surface area contributed by atoms with Gasteiger partial charge in [-0.15, -0.1) is 0 Å². The number of aryl methyl sites for hydroxylation is 1. The first-order valence-corrected chi connectivity index (χ1v) is 7.82. The van der Waals surface area contributed by atoms with Gasteiger partial charge in [0.15, 0.2) is 0 Å². The first-order chi connectivity index (χ1) is 9.66. The van der Waals surface area contributed by atoms with Crippen molar-refractivity contribution in [3.63, 3.8) is 0 Å². The van der Waals surface area contributed by atoms with Crippen LogP contribution in [0.4, 0.5) is 5.69 Å². The molecule has 0 spiro atoms. The number of nitrogen functional groups attached to an aromatic ring is 1. The molecule has 0 bridgehead atoms. The lowest BCUT2D eigenvalue weighted by Gasteiger charge is -2.32. The summed E-state index contributed by atoms with van der Waals surface area (Å²) in [6.07, 6.45) is 2.02. The summed E-state index contributed by atoms with van der Waals surface area (Å²) in [6, 6.07) is 6.02. The third-order valence-electron chi connectivity index (χ3n) is 4.32. The molecule has 0 unspecified atom stereocenters. The van der Waals surface area contributed by atoms with Gasteiger partial charge in [0.05, 0.1) is 11.2 Å². The molecule has 1 fully saturated rings. The van der Waals surface area contributed by atoms with Gasteiger partial charge in [0, 0.05) is 11.4 Å². The lowest BCUT2D eigenvalue weighted by molar-refractivity contribution is 0.00578. The van der Waals surface area contributed by atoms with Gasteiger partial charge in [0.1, 0.15) is 0 Å². The Balaban J connectivity index is 2.31. The molecule has 1 saturated heterocycles. The Morgan fingerprint density at radius 1 is 1.24 bits per heavy atom. The van der Waals surface area contributed by atoms with Crippen molar-refractivity contribution >= 4 is 31.5 Å². The largest absolute Gasteiger partial charge is 0.491 e. The van der Waals surface area contributed by atoms with Crippen molar-refractivity contribution < 1.29 is 9.31 Å². The molecule has 114 valence electrons. The Morgan fingerprint density at radius 2 is 1.81 bits per heavy atom. The Labute approximate surface area is 133 Å². The second-order valence-electron chi connectivity index (χ2n) is 6.60. The minimum Gasteiger partial charge on any atom is -0.400 e. The highest BCUT2D eigenvalue weighted by atomic mass is 32.1. The van der Waals surface area contributed by atoms with Crippen LogP contribution >= 0.6 is 12.6 Å². The van der Waals surface area contributed by atoms with Crippen molar-refractivity contribution in [3.05, 3.63) is 34.8 Å². The maximum Gasteiger partial charge on any atom is 0.491 e. The highest BCUT2D eigenvalue weighted by molar-refractivity contribution is 7.80. The predicted octanol–water partition coefficient (Wildman–Crippen LogP) is 3.52. The first-order valence-electron chi connectivity index (χ1n) is 7.19. The van der Waals surface area contributed by atoms with E-state index in [4.69, 9.17) is 15.0 Å². The average molecular weight is 305 g/mol. The summed E-state index contributed by atoms with van der Waals surface area (Å²) in [5.74, 6) is 0.560. The van der Waals surface area contributed by atoms with E-state index in [2.05, 4.69) is 12.6 Å². The fraction of sp³-hybridized carbons (Fsp3) is 0.500. The van der Waals surface area contributed by atoms with Crippen LogP contribution in [0.3, 0.4) is 0 Å². The SMILES string of the molecule is Cc1ccc(C=C(CS)B2OC(C)(C)C(C)(C)O2)c(N)c1. The number of nitrogens with two attached hydrogens (primary N) is 1. The van der Waals surface area contributed by atoms with Gasteiger partial charge in [-0.1, -0.05) is 18.2 Å². The van der Waals surface area contributed by atoms with Gasteiger partial charge in [0.25, 0.3) is 0 Å². The second kappa shape index (κ2) is 5.71. The van der Waals surface area contributed by atoms with E-state index in [0.717, 1.165) is 22.3 Å². The van der Waals surface area contributed by atoms with E-state index in [0.29, 0.717) is 5.75 Å². The predicted molar refractivity (Wildman–Crippen MR) is 93.5 cm³/mol. The Kier molecular flexibility index (Phi) is 4.48. The minimum absolute atomic E-state index is 0.349. The third kappa shape index (κ3) is 3.30. The number of hydrogen-bond donors (Lipinski definition) is 2. The number of thiol groups is 1. The van der Waals surface area contributed by atoms with Crippen LogP contribution in [0.5, 0.6) is 0 Å². The zero-order valence-electron chi connectivity index (χ0n) is 13.4. The van der Waals surface area contributed by atoms with Gasteiger partial charge < -0.3 is 15.0 Å². The van der Waals surface area contributed by atoms with Crippen molar-refractivity contribution in [1.82, 2.24) is 0 Å². The third-order valence-corrected chi connectivity index (χ3v) is 4.69. The molecule has 0 aromatic heterocycles. The summed E-state index contributed by atoms with van der Waals surface area (Å²) in [7, 11) is -0.381. The summed E-state index contributed by atoms with van der Waals surface area (Å²) in [6.45, 7) is 10.2. The van der Waals surface area contributed by atoms with E-state index in [1.165, 1.54) is 0 Å². The molecule has 0 atom stereocenters. The Morgan fingerprint density at radius 3 is 2.29 bits per heavy atom. The van der Waals surface area contributed by atoms with Crippen LogP contribution in [0.2, 0.25) is 0 Å². The monoisotopic (exact) mass is 305 g/mol. The first kappa shape index (κ1) is 16.5. The standard InChI is InChI=1S/C16H24BNO2S/c1-11-6-7-12(14(18)8-11)9-13(10-21)17-19-15(2,3)16(4,5)20-17/h6-9,21H,10,18H2,1-5H3. The number of benzene rings is 1. The summed E-state index contributed by atoms with van der Waals surface area (Å²) in [4.78, 5) is 0. The summed E-state index contributed by atoms with van der Waals surface area (Å²) < 4.78 is 12.1. The molecular formula is C16H24BNO2S. The van der Waals surface area contributed by atoms with Crippen LogP contribution in [0.15, 0.2) is 23.7 Å². The smallest absolute Gasteiger partial charge is 0.400 e. The summed E-state index contributed by atoms with van der Waals surface area (Å²) >= 11 is 4.42. The molecule has 0 amide bonds. The maximum atomic E-state index is 6.08. The van der Waals surface area contributed by atoms with Gasteiger partial charge in [-0.2, -0.15) is 12.6 Å². The molecule has 21 heavy (non-hydrogen) atoms. The zero-order chi connectivity index (χ0) is 15.8. The van der Waals surface area contributed by atoms with Crippen LogP contribution in [0, 0.1) is 6.92 Å². The van der Waals surface area contributed by atoms with Crippen molar-refractivity contribution in [2.45, 2.75) is 45.8 Å². The summed E-state index contributed by atoms with van der Waals surface area (Å²) in [5.41, 5.74) is 9.23. The lowest BCUT2D eigenvalue weighted by Crippen LogP contribution is -2.41. The molecule has 3 nitrogen and oxygen atoms in total. The molecule has 0 aliphatic carbocycles. The fourth-order valence-electron chi connectivity index (χ4n) is 2.21. The molecule has 1 aromatic carbocycles. The highest BCUT2D eigenvalue weighted by Crippen LogP contribution is 2.39. The van der Waals surface area contributed by atoms with Gasteiger partial charge in [-0.25, -0.2) is 0 Å². The molecule has 1 heterocycles. The van der Waals surface area contributed by atoms with E-state index < -0.39 is 0 Å². The molecule has 2 N–H and O–H groups in total. The minimum atomic E-state index is -0.381. The van der Waals surface area contributed by atoms with Crippen molar-refractivity contribution in [3.8, 4) is 0 Å². The molecule has 0 saturated carbocycles. The molecule has 2 rings (SSSR count). The number of anilines is 1. The molecule has 1 aliphatic rings. The highest BCUT2D eigenvalue weighted by Gasteiger charge is 2.52. The Hall–Kier alpha value is -0.905. The van der Waals surface area contributed by atoms with Crippen molar-refractivity contribution in [2.75, 3.05) is 11.5 Å². The van der Waals surface area contributed by atoms with Crippen molar-refractivity contribution in [1.29, 1.82) is 0 Å². The van der Waals surface area contributed by atoms with Crippen molar-refractivity contribution in [2.24, 2.45) is 0 Å². The van der Waals surface area contributed by atoms with Gasteiger partial charge in [-0.05, 0) is 57.3 Å². The van der Waals surface area contributed by atoms with E-state index >= 15 is 0 Å². The number of hydrogen-bond acceptors (Lipinski definition) is 4. The van der Waals surface area contributed by atoms with E-state index in [9.17, 15) is 0 Å². The van der Waals surface area contributed by atoms with Crippen LogP contribution in [0.25, 0.3) is 6.08 Å². The van der Waals surface area contributed by atoms with Gasteiger partial charge in [-0.3, -0.25) is 0 Å². The van der Waals surface area contributed by atoms with E-state index in [1.807, 2.05) is 58.9 Å². The molecule has 1 aliphatic heterocycles. The molecule has 0 radical (unpaired) electrons. The second-order valence-corrected chi connectivity index (χ2v) is 6.91. The van der Waals surface area contributed by atoms with E-state index in [1.54, 1.807) is 0 Å². The molecular weight excluding hydrogens is 281 g/mol. The van der Waals surface area contributed by atoms with Crippen LogP contribution < -0.4 is 5.73 Å². The molecule has 5 heteroatoms. The topological polar surface area (TPSA) is 44.5 Å². The van der Waals surface area contributed by atoms with Crippen LogP contribution in [0.1, 0.15) is 38.8 Å².